The summed E-state index contributed by atoms with van der Waals surface area (Å²) in [5, 5.41) is -1.19. The van der Waals surface area contributed by atoms with Gasteiger partial charge in [0.1, 0.15) is 0 Å². The number of halogens is 3. The van der Waals surface area contributed by atoms with Crippen LogP contribution < -0.4 is 0 Å². The van der Waals surface area contributed by atoms with E-state index in [4.69, 9.17) is 0 Å². The largest absolute Gasteiger partial charge is 0.537 e. The van der Waals surface area contributed by atoms with Crippen molar-refractivity contribution in [2.75, 3.05) is 0 Å². The predicted octanol–water partition coefficient (Wildman–Crippen LogP) is 1.26. The Bertz CT molecular complexity index is 215. The maximum absolute atomic E-state index is 11.3. The number of hydrogen-bond acceptors (Lipinski definition) is 3. The van der Waals surface area contributed by atoms with Crippen LogP contribution in [0.1, 0.15) is 13.8 Å². The molecule has 0 aromatic heterocycles. The minimum Gasteiger partial charge on any atom is -0.199 e. The van der Waals surface area contributed by atoms with E-state index in [2.05, 4.69) is 4.18 Å². The molecule has 3 nitrogen and oxygen atoms in total. The lowest BCUT2D eigenvalue weighted by atomic mass is 10.6. The Balaban J connectivity index is 4.40. The molecule has 0 N–H and O–H groups in total. The summed E-state index contributed by atoms with van der Waals surface area (Å²) < 4.78 is 57.6. The second-order valence-electron chi connectivity index (χ2n) is 2.07. The summed E-state index contributed by atoms with van der Waals surface area (Å²) in [7, 11) is -4.48. The molecule has 7 heteroatoms. The lowest BCUT2D eigenvalue weighted by Gasteiger charge is -2.09. The first-order valence-electron chi connectivity index (χ1n) is 2.66. The first-order valence-corrected chi connectivity index (χ1v) is 4.13. The van der Waals surface area contributed by atoms with Crippen LogP contribution in [0.15, 0.2) is 0 Å². The van der Waals surface area contributed by atoms with Gasteiger partial charge in [-0.15, -0.1) is 13.2 Å². The smallest absolute Gasteiger partial charge is 0.199 e. The van der Waals surface area contributed by atoms with E-state index in [0.29, 0.717) is 0 Å². The minimum atomic E-state index is -5.12. The molecule has 0 aliphatic rings. The van der Waals surface area contributed by atoms with Gasteiger partial charge in [-0.1, -0.05) is 0 Å². The van der Waals surface area contributed by atoms with Crippen molar-refractivity contribution in [2.45, 2.75) is 25.5 Å². The predicted molar refractivity (Wildman–Crippen MR) is 31.2 cm³/mol. The number of alkyl halides is 3. The zero-order valence-corrected chi connectivity index (χ0v) is 6.66. The van der Waals surface area contributed by atoms with Crippen LogP contribution in [0, 0.1) is 0 Å². The molecule has 0 aromatic carbocycles. The van der Waals surface area contributed by atoms with Crippen molar-refractivity contribution in [1.29, 1.82) is 0 Å². The lowest BCUT2D eigenvalue weighted by molar-refractivity contribution is -0.272. The van der Waals surface area contributed by atoms with Crippen LogP contribution in [-0.4, -0.2) is 20.0 Å². The summed E-state index contributed by atoms with van der Waals surface area (Å²) in [6.07, 6.45) is -5.12. The maximum Gasteiger partial charge on any atom is 0.537 e. The summed E-state index contributed by atoms with van der Waals surface area (Å²) >= 11 is 0. The van der Waals surface area contributed by atoms with Gasteiger partial charge in [0.2, 0.25) is 0 Å². The summed E-state index contributed by atoms with van der Waals surface area (Å²) in [5.41, 5.74) is 0. The Morgan fingerprint density at radius 1 is 1.27 bits per heavy atom. The molecule has 0 aromatic rings. The van der Waals surface area contributed by atoms with Crippen molar-refractivity contribution in [2.24, 2.45) is 0 Å². The Morgan fingerprint density at radius 2 is 1.64 bits per heavy atom. The van der Waals surface area contributed by atoms with Gasteiger partial charge in [0.25, 0.3) is 10.1 Å². The summed E-state index contributed by atoms with van der Waals surface area (Å²) in [6, 6.07) is 0. The maximum atomic E-state index is 11.3. The van der Waals surface area contributed by atoms with Crippen molar-refractivity contribution in [3.8, 4) is 0 Å². The monoisotopic (exact) mass is 192 g/mol. The van der Waals surface area contributed by atoms with Crippen molar-refractivity contribution in [1.82, 2.24) is 0 Å². The molecule has 0 aliphatic carbocycles. The molecule has 0 atom stereocenters. The SMILES string of the molecule is CC(C)S(=O)(=O)OC(F)(F)F. The quantitative estimate of drug-likeness (QED) is 0.618. The summed E-state index contributed by atoms with van der Waals surface area (Å²) in [4.78, 5) is 0. The van der Waals surface area contributed by atoms with E-state index in [-0.39, 0.29) is 0 Å². The van der Waals surface area contributed by atoms with Crippen LogP contribution >= 0.6 is 0 Å². The van der Waals surface area contributed by atoms with Crippen molar-refractivity contribution < 1.29 is 25.8 Å². The second-order valence-corrected chi connectivity index (χ2v) is 4.17. The van der Waals surface area contributed by atoms with Crippen LogP contribution in [0.3, 0.4) is 0 Å². The van der Waals surface area contributed by atoms with E-state index in [1.54, 1.807) is 0 Å². The van der Waals surface area contributed by atoms with E-state index in [9.17, 15) is 21.6 Å². The van der Waals surface area contributed by atoms with E-state index < -0.39 is 21.7 Å². The molecule has 0 radical (unpaired) electrons. The zero-order valence-electron chi connectivity index (χ0n) is 5.84. The zero-order chi connectivity index (χ0) is 9.28. The standard InChI is InChI=1S/C4H7F3O3S/c1-3(2)11(8,9)10-4(5,6)7/h3H,1-2H3. The van der Waals surface area contributed by atoms with Gasteiger partial charge in [0.15, 0.2) is 0 Å². The fourth-order valence-corrected chi connectivity index (χ4v) is 0.684. The van der Waals surface area contributed by atoms with Gasteiger partial charge in [-0.3, -0.25) is 0 Å². The van der Waals surface area contributed by atoms with E-state index in [1.165, 1.54) is 0 Å². The summed E-state index contributed by atoms with van der Waals surface area (Å²) in [6.45, 7) is 2.20. The van der Waals surface area contributed by atoms with Gasteiger partial charge >= 0.3 is 6.36 Å². The molecule has 0 heterocycles. The molecule has 0 aliphatic heterocycles. The van der Waals surface area contributed by atoms with Gasteiger partial charge in [-0.05, 0) is 13.8 Å². The number of hydrogen-bond donors (Lipinski definition) is 0. The highest BCUT2D eigenvalue weighted by atomic mass is 32.2. The van der Waals surface area contributed by atoms with Gasteiger partial charge in [0, 0.05) is 0 Å². The van der Waals surface area contributed by atoms with Crippen LogP contribution in [0.25, 0.3) is 0 Å². The first kappa shape index (κ1) is 10.7. The molecule has 0 saturated heterocycles. The Labute approximate surface area is 62.3 Å². The highest BCUT2D eigenvalue weighted by Crippen LogP contribution is 2.21. The van der Waals surface area contributed by atoms with Crippen LogP contribution in [-0.2, 0) is 14.3 Å². The van der Waals surface area contributed by atoms with E-state index in [0.717, 1.165) is 13.8 Å². The molecule has 0 fully saturated rings. The normalized spacial score (nSPS) is 14.0. The molecule has 68 valence electrons. The van der Waals surface area contributed by atoms with E-state index in [1.807, 2.05) is 0 Å². The third kappa shape index (κ3) is 4.20. The average molecular weight is 192 g/mol. The molecular weight excluding hydrogens is 185 g/mol. The van der Waals surface area contributed by atoms with Gasteiger partial charge < -0.3 is 0 Å². The Hall–Kier alpha value is -0.300. The number of rotatable bonds is 2. The van der Waals surface area contributed by atoms with Gasteiger partial charge in [-0.25, -0.2) is 0 Å². The molecule has 0 spiro atoms. The highest BCUT2D eigenvalue weighted by molar-refractivity contribution is 7.87. The molecule has 11 heavy (non-hydrogen) atoms. The molecule has 0 rings (SSSR count). The molecule has 0 amide bonds. The average Bonchev–Trinajstić information content (AvgIpc) is 1.56. The fraction of sp³-hybridized carbons (Fsp3) is 1.00. The van der Waals surface area contributed by atoms with Crippen LogP contribution in [0.5, 0.6) is 0 Å². The summed E-state index contributed by atoms with van der Waals surface area (Å²) in [5.74, 6) is 0. The van der Waals surface area contributed by atoms with Crippen LogP contribution in [0.4, 0.5) is 13.2 Å². The van der Waals surface area contributed by atoms with Crippen molar-refractivity contribution >= 4 is 10.1 Å². The topological polar surface area (TPSA) is 43.4 Å². The molecular formula is C4H7F3O3S. The fourth-order valence-electron chi connectivity index (χ4n) is 0.228. The molecule has 0 bridgehead atoms. The van der Waals surface area contributed by atoms with Crippen LogP contribution in [0.2, 0.25) is 0 Å². The third-order valence-corrected chi connectivity index (χ3v) is 2.36. The second kappa shape index (κ2) is 2.98. The van der Waals surface area contributed by atoms with E-state index >= 15 is 0 Å². The Morgan fingerprint density at radius 3 is 1.73 bits per heavy atom. The molecule has 0 unspecified atom stereocenters. The van der Waals surface area contributed by atoms with Crippen molar-refractivity contribution in [3.05, 3.63) is 0 Å². The highest BCUT2D eigenvalue weighted by Gasteiger charge is 2.38. The van der Waals surface area contributed by atoms with Gasteiger partial charge in [0.05, 0.1) is 5.25 Å². The lowest BCUT2D eigenvalue weighted by Crippen LogP contribution is -2.25. The Kier molecular flexibility index (Phi) is 2.90. The minimum absolute atomic E-state index is 1.10. The molecule has 0 saturated carbocycles. The van der Waals surface area contributed by atoms with Crippen molar-refractivity contribution in [3.63, 3.8) is 0 Å². The third-order valence-electron chi connectivity index (χ3n) is 0.788. The first-order chi connectivity index (χ1) is 4.65. The van der Waals surface area contributed by atoms with Gasteiger partial charge in [-0.2, -0.15) is 12.6 Å².